The fourth-order valence-corrected chi connectivity index (χ4v) is 1.46. The summed E-state index contributed by atoms with van der Waals surface area (Å²) in [7, 11) is 1.65. The maximum atomic E-state index is 11.3. The second-order valence-electron chi connectivity index (χ2n) is 3.94. The highest BCUT2D eigenvalue weighted by Gasteiger charge is 2.26. The van der Waals surface area contributed by atoms with Crippen LogP contribution in [0.1, 0.15) is 31.0 Å². The number of nitrogens with zero attached hydrogens (tertiary/aromatic N) is 1. The highest BCUT2D eigenvalue weighted by molar-refractivity contribution is 5.13. The molecule has 1 aliphatic carbocycles. The summed E-state index contributed by atoms with van der Waals surface area (Å²) in [6.07, 6.45) is 3.01. The molecule has 1 aromatic heterocycles. The summed E-state index contributed by atoms with van der Waals surface area (Å²) in [6, 6.07) is 1.39. The minimum atomic E-state index is -0.140. The third-order valence-electron chi connectivity index (χ3n) is 2.44. The number of aromatic amines is 1. The van der Waals surface area contributed by atoms with Crippen LogP contribution in [0.2, 0.25) is 0 Å². The minimum absolute atomic E-state index is 0.140. The zero-order valence-corrected chi connectivity index (χ0v) is 9.36. The number of nitrogens with one attached hydrogen (secondary N) is 1. The van der Waals surface area contributed by atoms with Crippen molar-refractivity contribution in [2.75, 3.05) is 20.3 Å². The van der Waals surface area contributed by atoms with E-state index in [1.54, 1.807) is 7.11 Å². The molecule has 1 saturated carbocycles. The molecule has 5 nitrogen and oxygen atoms in total. The SMILES string of the molecule is COCCCOc1cc(=O)[nH]c(C2CC2)n1. The van der Waals surface area contributed by atoms with Crippen LogP contribution in [-0.2, 0) is 4.74 Å². The summed E-state index contributed by atoms with van der Waals surface area (Å²) in [5.41, 5.74) is -0.140. The highest BCUT2D eigenvalue weighted by Crippen LogP contribution is 2.37. The van der Waals surface area contributed by atoms with Gasteiger partial charge in [0, 0.05) is 26.1 Å². The largest absolute Gasteiger partial charge is 0.477 e. The van der Waals surface area contributed by atoms with Gasteiger partial charge >= 0.3 is 0 Å². The van der Waals surface area contributed by atoms with Crippen molar-refractivity contribution in [2.45, 2.75) is 25.2 Å². The van der Waals surface area contributed by atoms with Gasteiger partial charge in [-0.2, -0.15) is 4.98 Å². The van der Waals surface area contributed by atoms with Crippen LogP contribution in [0.4, 0.5) is 0 Å². The highest BCUT2D eigenvalue weighted by atomic mass is 16.5. The lowest BCUT2D eigenvalue weighted by Crippen LogP contribution is -2.12. The zero-order chi connectivity index (χ0) is 11.4. The van der Waals surface area contributed by atoms with E-state index in [9.17, 15) is 4.79 Å². The Hall–Kier alpha value is -1.36. The van der Waals surface area contributed by atoms with Crippen molar-refractivity contribution in [3.8, 4) is 5.88 Å². The van der Waals surface area contributed by atoms with Gasteiger partial charge < -0.3 is 14.5 Å². The van der Waals surface area contributed by atoms with Crippen LogP contribution in [0.25, 0.3) is 0 Å². The Kier molecular flexibility index (Phi) is 3.56. The smallest absolute Gasteiger partial charge is 0.254 e. The fraction of sp³-hybridized carbons (Fsp3) is 0.636. The van der Waals surface area contributed by atoms with Gasteiger partial charge in [-0.05, 0) is 12.8 Å². The van der Waals surface area contributed by atoms with Gasteiger partial charge in [0.1, 0.15) is 5.82 Å². The van der Waals surface area contributed by atoms with Crippen molar-refractivity contribution in [1.82, 2.24) is 9.97 Å². The van der Waals surface area contributed by atoms with E-state index in [0.717, 1.165) is 25.1 Å². The molecule has 2 rings (SSSR count). The molecule has 1 N–H and O–H groups in total. The molecule has 5 heteroatoms. The molecule has 0 aromatic carbocycles. The first kappa shape index (κ1) is 11.1. The third-order valence-corrected chi connectivity index (χ3v) is 2.44. The van der Waals surface area contributed by atoms with Gasteiger partial charge in [-0.15, -0.1) is 0 Å². The van der Waals surface area contributed by atoms with Crippen LogP contribution < -0.4 is 10.3 Å². The lowest BCUT2D eigenvalue weighted by molar-refractivity contribution is 0.170. The Morgan fingerprint density at radius 1 is 1.50 bits per heavy atom. The minimum Gasteiger partial charge on any atom is -0.477 e. The van der Waals surface area contributed by atoms with Gasteiger partial charge in [0.2, 0.25) is 5.88 Å². The molecule has 88 valence electrons. The molecular formula is C11H16N2O3. The molecule has 1 aliphatic rings. The van der Waals surface area contributed by atoms with E-state index in [-0.39, 0.29) is 5.56 Å². The number of hydrogen-bond acceptors (Lipinski definition) is 4. The first-order valence-corrected chi connectivity index (χ1v) is 5.52. The van der Waals surface area contributed by atoms with E-state index in [0.29, 0.717) is 25.0 Å². The van der Waals surface area contributed by atoms with Gasteiger partial charge in [-0.25, -0.2) is 0 Å². The molecule has 0 saturated heterocycles. The van der Waals surface area contributed by atoms with E-state index >= 15 is 0 Å². The van der Waals surface area contributed by atoms with Gasteiger partial charge in [0.25, 0.3) is 5.56 Å². The molecule has 16 heavy (non-hydrogen) atoms. The van der Waals surface area contributed by atoms with Crippen molar-refractivity contribution in [1.29, 1.82) is 0 Å². The lowest BCUT2D eigenvalue weighted by Gasteiger charge is -2.05. The number of rotatable bonds is 6. The van der Waals surface area contributed by atoms with Crippen molar-refractivity contribution in [3.05, 3.63) is 22.2 Å². The molecule has 0 spiro atoms. The average Bonchev–Trinajstić information content (AvgIpc) is 3.07. The lowest BCUT2D eigenvalue weighted by atomic mass is 10.4. The topological polar surface area (TPSA) is 64.2 Å². The number of methoxy groups -OCH3 is 1. The summed E-state index contributed by atoms with van der Waals surface area (Å²) < 4.78 is 10.3. The van der Waals surface area contributed by atoms with Crippen LogP contribution in [-0.4, -0.2) is 30.3 Å². The van der Waals surface area contributed by atoms with Crippen molar-refractivity contribution >= 4 is 0 Å². The van der Waals surface area contributed by atoms with Crippen LogP contribution >= 0.6 is 0 Å². The summed E-state index contributed by atoms with van der Waals surface area (Å²) >= 11 is 0. The zero-order valence-electron chi connectivity index (χ0n) is 9.36. The second kappa shape index (κ2) is 5.12. The molecule has 0 atom stereocenters. The van der Waals surface area contributed by atoms with Crippen LogP contribution in [0.5, 0.6) is 5.88 Å². The average molecular weight is 224 g/mol. The van der Waals surface area contributed by atoms with Gasteiger partial charge in [-0.1, -0.05) is 0 Å². The fourth-order valence-electron chi connectivity index (χ4n) is 1.46. The molecule has 0 unspecified atom stereocenters. The van der Waals surface area contributed by atoms with Crippen LogP contribution in [0.15, 0.2) is 10.9 Å². The molecule has 1 fully saturated rings. The number of aromatic nitrogens is 2. The Morgan fingerprint density at radius 2 is 2.31 bits per heavy atom. The molecule has 0 radical (unpaired) electrons. The molecule has 0 amide bonds. The number of ether oxygens (including phenoxy) is 2. The molecular weight excluding hydrogens is 208 g/mol. The van der Waals surface area contributed by atoms with E-state index in [1.165, 1.54) is 6.07 Å². The first-order valence-electron chi connectivity index (χ1n) is 5.52. The van der Waals surface area contributed by atoms with E-state index < -0.39 is 0 Å². The number of hydrogen-bond donors (Lipinski definition) is 1. The van der Waals surface area contributed by atoms with E-state index in [4.69, 9.17) is 9.47 Å². The summed E-state index contributed by atoms with van der Waals surface area (Å²) in [4.78, 5) is 18.3. The predicted molar refractivity (Wildman–Crippen MR) is 58.8 cm³/mol. The van der Waals surface area contributed by atoms with Crippen molar-refractivity contribution < 1.29 is 9.47 Å². The summed E-state index contributed by atoms with van der Waals surface area (Å²) in [5.74, 6) is 1.60. The summed E-state index contributed by atoms with van der Waals surface area (Å²) in [6.45, 7) is 1.17. The molecule has 0 bridgehead atoms. The standard InChI is InChI=1S/C11H16N2O3/c1-15-5-2-6-16-10-7-9(14)12-11(13-10)8-3-4-8/h7-8H,2-6H2,1H3,(H,12,13,14). The van der Waals surface area contributed by atoms with Crippen LogP contribution in [0, 0.1) is 0 Å². The van der Waals surface area contributed by atoms with E-state index in [1.807, 2.05) is 0 Å². The summed E-state index contributed by atoms with van der Waals surface area (Å²) in [5, 5.41) is 0. The first-order chi connectivity index (χ1) is 7.79. The molecule has 1 aromatic rings. The van der Waals surface area contributed by atoms with Crippen molar-refractivity contribution in [3.63, 3.8) is 0 Å². The monoisotopic (exact) mass is 224 g/mol. The predicted octanol–water partition coefficient (Wildman–Crippen LogP) is 1.06. The van der Waals surface area contributed by atoms with E-state index in [2.05, 4.69) is 9.97 Å². The molecule has 1 heterocycles. The second-order valence-corrected chi connectivity index (χ2v) is 3.94. The van der Waals surface area contributed by atoms with Crippen molar-refractivity contribution in [2.24, 2.45) is 0 Å². The maximum Gasteiger partial charge on any atom is 0.254 e. The Labute approximate surface area is 93.8 Å². The normalized spacial score (nSPS) is 15.1. The van der Waals surface area contributed by atoms with Crippen LogP contribution in [0.3, 0.4) is 0 Å². The van der Waals surface area contributed by atoms with Gasteiger partial charge in [0.05, 0.1) is 12.7 Å². The Balaban J connectivity index is 1.94. The Morgan fingerprint density at radius 3 is 3.00 bits per heavy atom. The quantitative estimate of drug-likeness (QED) is 0.734. The number of H-pyrrole nitrogens is 1. The maximum absolute atomic E-state index is 11.3. The third kappa shape index (κ3) is 3.06. The Bertz CT molecular complexity index is 398. The molecule has 0 aliphatic heterocycles. The van der Waals surface area contributed by atoms with Gasteiger partial charge in [0.15, 0.2) is 0 Å². The van der Waals surface area contributed by atoms with Gasteiger partial charge in [-0.3, -0.25) is 4.79 Å².